The van der Waals surface area contributed by atoms with E-state index in [0.717, 1.165) is 19.4 Å². The van der Waals surface area contributed by atoms with Crippen molar-refractivity contribution in [1.29, 1.82) is 0 Å². The predicted octanol–water partition coefficient (Wildman–Crippen LogP) is 2.18. The van der Waals surface area contributed by atoms with Gasteiger partial charge in [0.2, 0.25) is 0 Å². The second kappa shape index (κ2) is 8.43. The number of carbonyl (C=O) groups is 1. The van der Waals surface area contributed by atoms with Crippen molar-refractivity contribution >= 4 is 5.91 Å². The SMILES string of the molecule is Cn1ccnc1[C@@H](O)C1CCN(C(=O)c2cn(CC3CCCCC3)nn2)CC1. The number of aliphatic hydroxyl groups is 1. The molecule has 2 aromatic heterocycles. The van der Waals surface area contributed by atoms with Crippen LogP contribution >= 0.6 is 0 Å². The van der Waals surface area contributed by atoms with Gasteiger partial charge in [0.25, 0.3) is 5.91 Å². The molecule has 0 radical (unpaired) electrons. The van der Waals surface area contributed by atoms with Crippen LogP contribution in [0.3, 0.4) is 0 Å². The molecule has 8 heteroatoms. The van der Waals surface area contributed by atoms with E-state index in [4.69, 9.17) is 0 Å². The lowest BCUT2D eigenvalue weighted by atomic mass is 9.89. The van der Waals surface area contributed by atoms with Crippen molar-refractivity contribution in [2.24, 2.45) is 18.9 Å². The van der Waals surface area contributed by atoms with E-state index in [2.05, 4.69) is 15.3 Å². The Morgan fingerprint density at radius 1 is 1.21 bits per heavy atom. The fraction of sp³-hybridized carbons (Fsp3) is 0.700. The number of rotatable bonds is 5. The Morgan fingerprint density at radius 3 is 2.64 bits per heavy atom. The minimum atomic E-state index is -0.589. The number of hydrogen-bond acceptors (Lipinski definition) is 5. The van der Waals surface area contributed by atoms with Crippen molar-refractivity contribution in [3.05, 3.63) is 30.1 Å². The monoisotopic (exact) mass is 386 g/mol. The van der Waals surface area contributed by atoms with E-state index in [0.29, 0.717) is 30.5 Å². The fourth-order valence-corrected chi connectivity index (χ4v) is 4.57. The van der Waals surface area contributed by atoms with Crippen molar-refractivity contribution in [3.63, 3.8) is 0 Å². The van der Waals surface area contributed by atoms with E-state index < -0.39 is 6.10 Å². The zero-order valence-electron chi connectivity index (χ0n) is 16.6. The van der Waals surface area contributed by atoms with Crippen molar-refractivity contribution in [1.82, 2.24) is 29.4 Å². The molecule has 1 saturated heterocycles. The topological polar surface area (TPSA) is 89.1 Å². The van der Waals surface area contributed by atoms with Crippen LogP contribution < -0.4 is 0 Å². The van der Waals surface area contributed by atoms with Gasteiger partial charge >= 0.3 is 0 Å². The molecule has 1 N–H and O–H groups in total. The van der Waals surface area contributed by atoms with Gasteiger partial charge in [-0.2, -0.15) is 0 Å². The average molecular weight is 387 g/mol. The van der Waals surface area contributed by atoms with Gasteiger partial charge in [0.1, 0.15) is 11.9 Å². The summed E-state index contributed by atoms with van der Waals surface area (Å²) in [6.45, 7) is 2.11. The van der Waals surface area contributed by atoms with Crippen LogP contribution in [-0.2, 0) is 13.6 Å². The summed E-state index contributed by atoms with van der Waals surface area (Å²) in [5, 5.41) is 18.9. The molecule has 1 amide bonds. The minimum absolute atomic E-state index is 0.0557. The third kappa shape index (κ3) is 4.11. The van der Waals surface area contributed by atoms with Gasteiger partial charge in [0.05, 0.1) is 6.20 Å². The summed E-state index contributed by atoms with van der Waals surface area (Å²) in [4.78, 5) is 18.9. The smallest absolute Gasteiger partial charge is 0.276 e. The highest BCUT2D eigenvalue weighted by atomic mass is 16.3. The highest BCUT2D eigenvalue weighted by Gasteiger charge is 2.31. The lowest BCUT2D eigenvalue weighted by molar-refractivity contribution is 0.0417. The number of hydrogen-bond donors (Lipinski definition) is 1. The Labute approximate surface area is 165 Å². The number of likely N-dealkylation sites (tertiary alicyclic amines) is 1. The number of amides is 1. The van der Waals surface area contributed by atoms with Crippen LogP contribution in [-0.4, -0.2) is 53.5 Å². The first-order chi connectivity index (χ1) is 13.6. The summed E-state index contributed by atoms with van der Waals surface area (Å²) in [7, 11) is 1.89. The lowest BCUT2D eigenvalue weighted by Gasteiger charge is -2.33. The Hall–Kier alpha value is -2.22. The second-order valence-electron chi connectivity index (χ2n) is 8.30. The molecule has 2 fully saturated rings. The Morgan fingerprint density at radius 2 is 1.96 bits per heavy atom. The molecule has 0 aromatic carbocycles. The molecule has 1 saturated carbocycles. The average Bonchev–Trinajstić information content (AvgIpc) is 3.37. The number of piperidine rings is 1. The van der Waals surface area contributed by atoms with Gasteiger partial charge < -0.3 is 14.6 Å². The van der Waals surface area contributed by atoms with Gasteiger partial charge in [-0.25, -0.2) is 4.98 Å². The number of aromatic nitrogens is 5. The van der Waals surface area contributed by atoms with Gasteiger partial charge in [0, 0.05) is 39.1 Å². The van der Waals surface area contributed by atoms with E-state index in [-0.39, 0.29) is 11.8 Å². The number of aliphatic hydroxyl groups excluding tert-OH is 1. The molecule has 1 atom stereocenters. The normalized spacial score (nSPS) is 20.4. The van der Waals surface area contributed by atoms with Crippen LogP contribution in [0.5, 0.6) is 0 Å². The van der Waals surface area contributed by atoms with Gasteiger partial charge in [-0.1, -0.05) is 24.5 Å². The molecule has 2 aromatic rings. The predicted molar refractivity (Wildman–Crippen MR) is 103 cm³/mol. The zero-order valence-corrected chi connectivity index (χ0v) is 16.6. The highest BCUT2D eigenvalue weighted by Crippen LogP contribution is 2.30. The lowest BCUT2D eigenvalue weighted by Crippen LogP contribution is -2.40. The maximum Gasteiger partial charge on any atom is 0.276 e. The van der Waals surface area contributed by atoms with Gasteiger partial charge in [-0.3, -0.25) is 9.48 Å². The summed E-state index contributed by atoms with van der Waals surface area (Å²) in [6.07, 6.45) is 12.7. The van der Waals surface area contributed by atoms with Crippen LogP contribution in [0.1, 0.15) is 67.4 Å². The van der Waals surface area contributed by atoms with Gasteiger partial charge in [0.15, 0.2) is 5.69 Å². The second-order valence-corrected chi connectivity index (χ2v) is 8.30. The van der Waals surface area contributed by atoms with E-state index in [1.165, 1.54) is 32.1 Å². The summed E-state index contributed by atoms with van der Waals surface area (Å²) >= 11 is 0. The first-order valence-corrected chi connectivity index (χ1v) is 10.5. The molecule has 152 valence electrons. The third-order valence-electron chi connectivity index (χ3n) is 6.32. The zero-order chi connectivity index (χ0) is 19.5. The molecule has 3 heterocycles. The number of carbonyl (C=O) groups excluding carboxylic acids is 1. The molecule has 4 rings (SSSR count). The number of aryl methyl sites for hydroxylation is 1. The molecular weight excluding hydrogens is 356 g/mol. The Balaban J connectivity index is 1.31. The summed E-state index contributed by atoms with van der Waals surface area (Å²) in [6, 6.07) is 0. The third-order valence-corrected chi connectivity index (χ3v) is 6.32. The molecular formula is C20H30N6O2. The van der Waals surface area contributed by atoms with Crippen molar-refractivity contribution in [3.8, 4) is 0 Å². The summed E-state index contributed by atoms with van der Waals surface area (Å²) in [5.74, 6) is 1.41. The van der Waals surface area contributed by atoms with Crippen molar-refractivity contribution in [2.75, 3.05) is 13.1 Å². The maximum atomic E-state index is 12.8. The van der Waals surface area contributed by atoms with Crippen molar-refractivity contribution in [2.45, 2.75) is 57.6 Å². The quantitative estimate of drug-likeness (QED) is 0.851. The molecule has 1 aliphatic carbocycles. The molecule has 2 aliphatic rings. The fourth-order valence-electron chi connectivity index (χ4n) is 4.57. The first kappa shape index (κ1) is 19.1. The molecule has 0 spiro atoms. The van der Waals surface area contributed by atoms with Crippen molar-refractivity contribution < 1.29 is 9.90 Å². The van der Waals surface area contributed by atoms with E-state index in [1.54, 1.807) is 12.4 Å². The van der Waals surface area contributed by atoms with Crippen LogP contribution in [0.15, 0.2) is 18.6 Å². The number of nitrogens with zero attached hydrogens (tertiary/aromatic N) is 6. The van der Waals surface area contributed by atoms with E-state index in [9.17, 15) is 9.90 Å². The minimum Gasteiger partial charge on any atom is -0.385 e. The van der Waals surface area contributed by atoms with Gasteiger partial charge in [-0.15, -0.1) is 5.10 Å². The van der Waals surface area contributed by atoms with Crippen LogP contribution in [0.4, 0.5) is 0 Å². The van der Waals surface area contributed by atoms with Crippen LogP contribution in [0.2, 0.25) is 0 Å². The Bertz CT molecular complexity index is 786. The molecule has 1 aliphatic heterocycles. The number of imidazole rings is 1. The first-order valence-electron chi connectivity index (χ1n) is 10.5. The van der Waals surface area contributed by atoms with E-state index >= 15 is 0 Å². The van der Waals surface area contributed by atoms with Gasteiger partial charge in [-0.05, 0) is 37.5 Å². The Kier molecular flexibility index (Phi) is 5.75. The highest BCUT2D eigenvalue weighted by molar-refractivity contribution is 5.91. The molecule has 0 bridgehead atoms. The summed E-state index contributed by atoms with van der Waals surface area (Å²) < 4.78 is 3.69. The maximum absolute atomic E-state index is 12.8. The van der Waals surface area contributed by atoms with Crippen LogP contribution in [0, 0.1) is 11.8 Å². The standard InChI is InChI=1S/C20H30N6O2/c1-24-12-9-21-19(24)18(27)16-7-10-25(11-8-16)20(28)17-14-26(23-22-17)13-15-5-3-2-4-6-15/h9,12,14-16,18,27H,2-8,10-11,13H2,1H3/t18-/m0/s1. The largest absolute Gasteiger partial charge is 0.385 e. The summed E-state index contributed by atoms with van der Waals surface area (Å²) in [5.41, 5.74) is 0.430. The molecule has 8 nitrogen and oxygen atoms in total. The van der Waals surface area contributed by atoms with Crippen LogP contribution in [0.25, 0.3) is 0 Å². The molecule has 0 unspecified atom stereocenters. The van der Waals surface area contributed by atoms with E-state index in [1.807, 2.05) is 27.4 Å². The molecule has 28 heavy (non-hydrogen) atoms.